The number of rotatable bonds is 3. The summed E-state index contributed by atoms with van der Waals surface area (Å²) in [7, 11) is 0. The molecule has 306 valence electrons. The average molecular weight is 830 g/mol. The van der Waals surface area contributed by atoms with Crippen LogP contribution in [0, 0.1) is 13.8 Å². The molecule has 13 aromatic rings. The smallest absolute Gasteiger partial charge is 0.135 e. The molecule has 14 rings (SSSR count). The lowest BCUT2D eigenvalue weighted by Crippen LogP contribution is -2.14. The van der Waals surface area contributed by atoms with Crippen molar-refractivity contribution in [2.24, 2.45) is 0 Å². The number of aromatic nitrogens is 1. The number of nitrogens with zero attached hydrogens (tertiary/aromatic N) is 1. The molecule has 0 radical (unpaired) electrons. The molecular formula is C63H43NO. The summed E-state index contributed by atoms with van der Waals surface area (Å²) in [6, 6.07) is 70.4. The molecule has 2 heteroatoms. The summed E-state index contributed by atoms with van der Waals surface area (Å²) in [5, 5.41) is 15.1. The number of furan rings is 1. The fourth-order valence-corrected chi connectivity index (χ4v) is 11.9. The van der Waals surface area contributed by atoms with Gasteiger partial charge in [-0.2, -0.15) is 0 Å². The van der Waals surface area contributed by atoms with Crippen LogP contribution >= 0.6 is 0 Å². The quantitative estimate of drug-likeness (QED) is 0.162. The van der Waals surface area contributed by atoms with Gasteiger partial charge in [-0.15, -0.1) is 0 Å². The Morgan fingerprint density at radius 1 is 0.385 bits per heavy atom. The van der Waals surface area contributed by atoms with Gasteiger partial charge in [0.25, 0.3) is 0 Å². The van der Waals surface area contributed by atoms with Gasteiger partial charge in [0, 0.05) is 38.0 Å². The molecule has 0 atom stereocenters. The van der Waals surface area contributed by atoms with E-state index in [4.69, 9.17) is 4.42 Å². The van der Waals surface area contributed by atoms with Crippen molar-refractivity contribution in [1.82, 2.24) is 4.57 Å². The van der Waals surface area contributed by atoms with Crippen molar-refractivity contribution in [2.45, 2.75) is 33.1 Å². The first-order valence-electron chi connectivity index (χ1n) is 22.8. The summed E-state index contributed by atoms with van der Waals surface area (Å²) < 4.78 is 8.99. The van der Waals surface area contributed by atoms with Crippen molar-refractivity contribution < 1.29 is 4.42 Å². The normalized spacial score (nSPS) is 13.4. The Morgan fingerprint density at radius 3 is 1.68 bits per heavy atom. The monoisotopic (exact) mass is 829 g/mol. The number of hydrogen-bond donors (Lipinski definition) is 0. The minimum absolute atomic E-state index is 0.0654. The molecule has 0 unspecified atom stereocenters. The summed E-state index contributed by atoms with van der Waals surface area (Å²) in [5.41, 5.74) is 18.2. The van der Waals surface area contributed by atoms with E-state index in [-0.39, 0.29) is 5.41 Å². The van der Waals surface area contributed by atoms with Gasteiger partial charge in [0.05, 0.1) is 11.0 Å². The third-order valence-corrected chi connectivity index (χ3v) is 14.8. The predicted octanol–water partition coefficient (Wildman–Crippen LogP) is 17.6. The maximum Gasteiger partial charge on any atom is 0.135 e. The van der Waals surface area contributed by atoms with E-state index in [1.165, 1.54) is 126 Å². The van der Waals surface area contributed by atoms with Crippen LogP contribution in [0.4, 0.5) is 0 Å². The Hall–Kier alpha value is -7.94. The van der Waals surface area contributed by atoms with Gasteiger partial charge in [0.2, 0.25) is 0 Å². The van der Waals surface area contributed by atoms with Crippen LogP contribution in [-0.2, 0) is 5.41 Å². The van der Waals surface area contributed by atoms with E-state index in [1.807, 2.05) is 0 Å². The van der Waals surface area contributed by atoms with Gasteiger partial charge in [-0.05, 0) is 168 Å². The van der Waals surface area contributed by atoms with Gasteiger partial charge in [-0.3, -0.25) is 0 Å². The van der Waals surface area contributed by atoms with Crippen LogP contribution < -0.4 is 0 Å². The summed E-state index contributed by atoms with van der Waals surface area (Å²) >= 11 is 0. The second-order valence-electron chi connectivity index (χ2n) is 19.0. The molecule has 0 N–H and O–H groups in total. The van der Waals surface area contributed by atoms with Crippen LogP contribution in [0.25, 0.3) is 126 Å². The van der Waals surface area contributed by atoms with E-state index in [9.17, 15) is 0 Å². The number of benzene rings is 11. The molecule has 11 aromatic carbocycles. The van der Waals surface area contributed by atoms with Crippen molar-refractivity contribution in [3.05, 3.63) is 210 Å². The minimum Gasteiger partial charge on any atom is -0.456 e. The molecule has 0 fully saturated rings. The SMILES string of the molecule is Cc1cc(C)cc(-n2c3ccccc3c3c4c(ccc32)c2ccccc2c2cc(-c3ccc5oc6ccc(-c7ccc8c(c7)-c7c(ccc9ccccc79)C8(C)C)cc6c5c3)ccc24)c1. The maximum atomic E-state index is 6.53. The lowest BCUT2D eigenvalue weighted by atomic mass is 9.82. The fourth-order valence-electron chi connectivity index (χ4n) is 11.9. The molecule has 0 bridgehead atoms. The van der Waals surface area contributed by atoms with Gasteiger partial charge < -0.3 is 8.98 Å². The molecule has 0 saturated heterocycles. The van der Waals surface area contributed by atoms with Gasteiger partial charge in [0.15, 0.2) is 0 Å². The Labute approximate surface area is 376 Å². The Balaban J connectivity index is 0.942. The molecular weight excluding hydrogens is 787 g/mol. The number of aryl methyl sites for hydroxylation is 2. The highest BCUT2D eigenvalue weighted by Crippen LogP contribution is 2.52. The van der Waals surface area contributed by atoms with Crippen LogP contribution in [0.3, 0.4) is 0 Å². The van der Waals surface area contributed by atoms with Crippen LogP contribution in [0.2, 0.25) is 0 Å². The van der Waals surface area contributed by atoms with Gasteiger partial charge in [0.1, 0.15) is 11.2 Å². The zero-order chi connectivity index (χ0) is 43.3. The lowest BCUT2D eigenvalue weighted by molar-refractivity contribution is 0.661. The lowest BCUT2D eigenvalue weighted by Gasteiger charge is -2.21. The van der Waals surface area contributed by atoms with E-state index < -0.39 is 0 Å². The van der Waals surface area contributed by atoms with Crippen molar-refractivity contribution in [3.8, 4) is 39.1 Å². The zero-order valence-corrected chi connectivity index (χ0v) is 36.8. The maximum absolute atomic E-state index is 6.53. The van der Waals surface area contributed by atoms with Crippen molar-refractivity contribution in [2.75, 3.05) is 0 Å². The molecule has 0 aliphatic heterocycles. The van der Waals surface area contributed by atoms with Crippen molar-refractivity contribution in [1.29, 1.82) is 0 Å². The Kier molecular flexibility index (Phi) is 7.34. The molecule has 2 aromatic heterocycles. The van der Waals surface area contributed by atoms with E-state index in [1.54, 1.807) is 0 Å². The first-order valence-corrected chi connectivity index (χ1v) is 22.8. The second-order valence-corrected chi connectivity index (χ2v) is 19.0. The first-order chi connectivity index (χ1) is 31.8. The van der Waals surface area contributed by atoms with E-state index in [0.717, 1.165) is 21.9 Å². The number of fused-ring (bicyclic) bond motifs is 18. The third kappa shape index (κ3) is 5.11. The molecule has 1 aliphatic rings. The van der Waals surface area contributed by atoms with Gasteiger partial charge in [-0.1, -0.05) is 141 Å². The molecule has 2 nitrogen and oxygen atoms in total. The Bertz CT molecular complexity index is 4210. The van der Waals surface area contributed by atoms with Crippen molar-refractivity contribution in [3.63, 3.8) is 0 Å². The van der Waals surface area contributed by atoms with Crippen LogP contribution in [0.5, 0.6) is 0 Å². The topological polar surface area (TPSA) is 18.1 Å². The second kappa shape index (κ2) is 13.1. The standard InChI is InChI=1S/C63H43NO/c1-36-29-37(2)31-43(30-36)64-56-16-10-9-15-49(56)62-57(64)26-23-47-45-13-7-8-14-46(45)50-32-39(17-22-48(50)61(47)62)41-20-27-58-51(33-41)52-34-42(21-28-59(52)65-58)40-19-24-54-53(35-40)60-44-12-6-5-11-38(44)18-25-55(60)63(54,3)4/h5-35H,1-4H3. The molecule has 0 saturated carbocycles. The van der Waals surface area contributed by atoms with E-state index >= 15 is 0 Å². The van der Waals surface area contributed by atoms with Gasteiger partial charge in [-0.25, -0.2) is 0 Å². The highest BCUT2D eigenvalue weighted by Gasteiger charge is 2.36. The molecule has 0 amide bonds. The average Bonchev–Trinajstić information content (AvgIpc) is 3.95. The molecule has 1 aliphatic carbocycles. The number of para-hydroxylation sites is 1. The van der Waals surface area contributed by atoms with Gasteiger partial charge >= 0.3 is 0 Å². The summed E-state index contributed by atoms with van der Waals surface area (Å²) in [6.07, 6.45) is 0. The zero-order valence-electron chi connectivity index (χ0n) is 36.8. The summed E-state index contributed by atoms with van der Waals surface area (Å²) in [4.78, 5) is 0. The van der Waals surface area contributed by atoms with Crippen LogP contribution in [-0.4, -0.2) is 4.57 Å². The largest absolute Gasteiger partial charge is 0.456 e. The van der Waals surface area contributed by atoms with Crippen LogP contribution in [0.1, 0.15) is 36.1 Å². The Morgan fingerprint density at radius 2 is 0.938 bits per heavy atom. The first kappa shape index (κ1) is 36.5. The number of hydrogen-bond acceptors (Lipinski definition) is 1. The highest BCUT2D eigenvalue weighted by atomic mass is 16.3. The highest BCUT2D eigenvalue weighted by molar-refractivity contribution is 6.35. The summed E-state index contributed by atoms with van der Waals surface area (Å²) in [5.74, 6) is 0. The fraction of sp³-hybridized carbons (Fsp3) is 0.0794. The van der Waals surface area contributed by atoms with E-state index in [0.29, 0.717) is 0 Å². The van der Waals surface area contributed by atoms with Crippen LogP contribution in [0.15, 0.2) is 192 Å². The van der Waals surface area contributed by atoms with Crippen molar-refractivity contribution >= 4 is 86.8 Å². The molecule has 2 heterocycles. The summed E-state index contributed by atoms with van der Waals surface area (Å²) in [6.45, 7) is 9.10. The molecule has 65 heavy (non-hydrogen) atoms. The van der Waals surface area contributed by atoms with E-state index in [2.05, 4.69) is 220 Å². The minimum atomic E-state index is -0.0654. The predicted molar refractivity (Wildman–Crippen MR) is 276 cm³/mol. The molecule has 0 spiro atoms. The third-order valence-electron chi connectivity index (χ3n) is 14.8.